The van der Waals surface area contributed by atoms with E-state index in [0.29, 0.717) is 6.54 Å². The zero-order valence-corrected chi connectivity index (χ0v) is 8.41. The van der Waals surface area contributed by atoms with Gasteiger partial charge < -0.3 is 21.6 Å². The summed E-state index contributed by atoms with van der Waals surface area (Å²) in [7, 11) is 0. The van der Waals surface area contributed by atoms with E-state index in [1.54, 1.807) is 0 Å². The molecule has 0 atom stereocenters. The molecule has 0 fully saturated rings. The first kappa shape index (κ1) is 12.0. The van der Waals surface area contributed by atoms with Gasteiger partial charge in [0.1, 0.15) is 12.4 Å². The molecule has 5 nitrogen and oxygen atoms in total. The molecule has 0 amide bonds. The molecular formula is C9H12F2N4O. The number of benzene rings is 1. The minimum absolute atomic E-state index is 0.0900. The second kappa shape index (κ2) is 5.74. The highest BCUT2D eigenvalue weighted by atomic mass is 19.2. The van der Waals surface area contributed by atoms with Crippen LogP contribution >= 0.6 is 0 Å². The second-order valence-corrected chi connectivity index (χ2v) is 2.87. The smallest absolute Gasteiger partial charge is 0.208 e. The molecule has 1 aromatic rings. The van der Waals surface area contributed by atoms with Gasteiger partial charge in [0.15, 0.2) is 11.6 Å². The van der Waals surface area contributed by atoms with Crippen LogP contribution in [-0.2, 0) is 0 Å². The Morgan fingerprint density at radius 2 is 2.06 bits per heavy atom. The van der Waals surface area contributed by atoms with Gasteiger partial charge in [0.2, 0.25) is 5.96 Å². The van der Waals surface area contributed by atoms with Gasteiger partial charge in [0.25, 0.3) is 0 Å². The molecule has 0 bridgehead atoms. The number of guanidine groups is 1. The van der Waals surface area contributed by atoms with Crippen molar-refractivity contribution in [2.45, 2.75) is 0 Å². The van der Waals surface area contributed by atoms with Gasteiger partial charge >= 0.3 is 0 Å². The molecule has 0 aliphatic rings. The van der Waals surface area contributed by atoms with Crippen LogP contribution in [0, 0.1) is 11.6 Å². The molecule has 88 valence electrons. The molecule has 0 radical (unpaired) electrons. The maximum Gasteiger partial charge on any atom is 0.208 e. The summed E-state index contributed by atoms with van der Waals surface area (Å²) >= 11 is 0. The Morgan fingerprint density at radius 3 is 2.69 bits per heavy atom. The Morgan fingerprint density at radius 1 is 1.31 bits per heavy atom. The fourth-order valence-electron chi connectivity index (χ4n) is 0.928. The number of nitrogens with zero attached hydrogens (tertiary/aromatic N) is 1. The standard InChI is InChI=1S/C9H12F2N4O/c10-7-2-1-6(5-8(7)11)16-4-3-14-15-9(12)13/h1-2,5,14H,3-4H2,(H4,12,13,15). The molecule has 16 heavy (non-hydrogen) atoms. The van der Waals surface area contributed by atoms with E-state index in [-0.39, 0.29) is 18.3 Å². The summed E-state index contributed by atoms with van der Waals surface area (Å²) in [4.78, 5) is 0. The Kier molecular flexibility index (Phi) is 4.31. The van der Waals surface area contributed by atoms with E-state index >= 15 is 0 Å². The summed E-state index contributed by atoms with van der Waals surface area (Å²) in [5, 5.41) is 3.50. The summed E-state index contributed by atoms with van der Waals surface area (Å²) in [6.07, 6.45) is 0. The lowest BCUT2D eigenvalue weighted by atomic mass is 10.3. The third kappa shape index (κ3) is 3.99. The van der Waals surface area contributed by atoms with E-state index in [1.807, 2.05) is 0 Å². The maximum atomic E-state index is 12.7. The van der Waals surface area contributed by atoms with Gasteiger partial charge in [0.05, 0.1) is 6.54 Å². The van der Waals surface area contributed by atoms with Gasteiger partial charge in [0, 0.05) is 6.07 Å². The van der Waals surface area contributed by atoms with E-state index in [0.717, 1.165) is 12.1 Å². The van der Waals surface area contributed by atoms with Gasteiger partial charge in [-0.05, 0) is 12.1 Å². The molecule has 0 saturated carbocycles. The molecule has 1 aromatic carbocycles. The zero-order valence-electron chi connectivity index (χ0n) is 8.41. The van der Waals surface area contributed by atoms with Crippen molar-refractivity contribution in [1.82, 2.24) is 5.43 Å². The van der Waals surface area contributed by atoms with Crippen LogP contribution in [0.15, 0.2) is 23.3 Å². The van der Waals surface area contributed by atoms with Crippen LogP contribution in [-0.4, -0.2) is 19.1 Å². The number of halogens is 2. The van der Waals surface area contributed by atoms with E-state index in [1.165, 1.54) is 6.07 Å². The van der Waals surface area contributed by atoms with Gasteiger partial charge in [-0.15, -0.1) is 5.10 Å². The van der Waals surface area contributed by atoms with Crippen LogP contribution in [0.2, 0.25) is 0 Å². The third-order valence-electron chi connectivity index (χ3n) is 1.58. The van der Waals surface area contributed by atoms with Crippen molar-refractivity contribution in [3.05, 3.63) is 29.8 Å². The Labute approximate surface area is 91.1 Å². The SMILES string of the molecule is NC(N)=NNCCOc1ccc(F)c(F)c1. The highest BCUT2D eigenvalue weighted by Crippen LogP contribution is 2.14. The number of hydrogen-bond acceptors (Lipinski definition) is 3. The molecule has 0 aromatic heterocycles. The lowest BCUT2D eigenvalue weighted by Gasteiger charge is -2.06. The maximum absolute atomic E-state index is 12.7. The number of rotatable bonds is 5. The second-order valence-electron chi connectivity index (χ2n) is 2.87. The predicted octanol–water partition coefficient (Wildman–Crippen LogP) is 0.122. The quantitative estimate of drug-likeness (QED) is 0.290. The van der Waals surface area contributed by atoms with Crippen molar-refractivity contribution in [3.8, 4) is 5.75 Å². The molecule has 5 N–H and O–H groups in total. The minimum atomic E-state index is -0.949. The number of nitrogens with one attached hydrogen (secondary N) is 1. The van der Waals surface area contributed by atoms with E-state index in [9.17, 15) is 8.78 Å². The molecule has 0 saturated heterocycles. The Bertz CT molecular complexity index is 380. The lowest BCUT2D eigenvalue weighted by molar-refractivity contribution is 0.312. The molecule has 0 aliphatic carbocycles. The minimum Gasteiger partial charge on any atom is -0.492 e. The van der Waals surface area contributed by atoms with Crippen LogP contribution in [0.25, 0.3) is 0 Å². The topological polar surface area (TPSA) is 85.7 Å². The summed E-state index contributed by atoms with van der Waals surface area (Å²) in [5.41, 5.74) is 12.6. The normalized spacial score (nSPS) is 9.62. The molecule has 0 heterocycles. The summed E-state index contributed by atoms with van der Waals surface area (Å²) in [6, 6.07) is 3.29. The van der Waals surface area contributed by atoms with Crippen LogP contribution < -0.4 is 21.6 Å². The summed E-state index contributed by atoms with van der Waals surface area (Å²) in [6.45, 7) is 0.568. The van der Waals surface area contributed by atoms with Gasteiger partial charge in [-0.1, -0.05) is 0 Å². The molecule has 0 unspecified atom stereocenters. The third-order valence-corrected chi connectivity index (χ3v) is 1.58. The van der Waals surface area contributed by atoms with Crippen molar-refractivity contribution in [3.63, 3.8) is 0 Å². The first-order valence-corrected chi connectivity index (χ1v) is 4.49. The first-order valence-electron chi connectivity index (χ1n) is 4.49. The van der Waals surface area contributed by atoms with E-state index in [4.69, 9.17) is 16.2 Å². The Hall–Kier alpha value is -2.05. The monoisotopic (exact) mass is 230 g/mol. The molecule has 1 rings (SSSR count). The number of hydrazone groups is 1. The first-order chi connectivity index (χ1) is 7.59. The Balaban J connectivity index is 2.32. The largest absolute Gasteiger partial charge is 0.492 e. The predicted molar refractivity (Wildman–Crippen MR) is 55.7 cm³/mol. The highest BCUT2D eigenvalue weighted by molar-refractivity contribution is 5.75. The fraction of sp³-hybridized carbons (Fsp3) is 0.222. The van der Waals surface area contributed by atoms with Crippen molar-refractivity contribution in [2.24, 2.45) is 16.6 Å². The van der Waals surface area contributed by atoms with Crippen LogP contribution in [0.1, 0.15) is 0 Å². The average molecular weight is 230 g/mol. The van der Waals surface area contributed by atoms with Crippen molar-refractivity contribution in [2.75, 3.05) is 13.2 Å². The van der Waals surface area contributed by atoms with E-state index < -0.39 is 11.6 Å². The van der Waals surface area contributed by atoms with Gasteiger partial charge in [-0.25, -0.2) is 8.78 Å². The number of ether oxygens (including phenoxy) is 1. The molecular weight excluding hydrogens is 218 g/mol. The number of hydrogen-bond donors (Lipinski definition) is 3. The summed E-state index contributed by atoms with van der Waals surface area (Å²) < 4.78 is 30.4. The van der Waals surface area contributed by atoms with Crippen LogP contribution in [0.4, 0.5) is 8.78 Å². The lowest BCUT2D eigenvalue weighted by Crippen LogP contribution is -2.27. The van der Waals surface area contributed by atoms with Crippen molar-refractivity contribution < 1.29 is 13.5 Å². The fourth-order valence-corrected chi connectivity index (χ4v) is 0.928. The molecule has 0 aliphatic heterocycles. The van der Waals surface area contributed by atoms with Gasteiger partial charge in [-0.2, -0.15) is 0 Å². The average Bonchev–Trinajstić information content (AvgIpc) is 2.22. The van der Waals surface area contributed by atoms with Crippen LogP contribution in [0.3, 0.4) is 0 Å². The molecule has 0 spiro atoms. The number of nitrogens with two attached hydrogens (primary N) is 2. The van der Waals surface area contributed by atoms with Crippen molar-refractivity contribution >= 4 is 5.96 Å². The van der Waals surface area contributed by atoms with E-state index in [2.05, 4.69) is 10.5 Å². The molecule has 7 heteroatoms. The highest BCUT2D eigenvalue weighted by Gasteiger charge is 2.02. The van der Waals surface area contributed by atoms with Crippen molar-refractivity contribution in [1.29, 1.82) is 0 Å². The van der Waals surface area contributed by atoms with Crippen LogP contribution in [0.5, 0.6) is 5.75 Å². The van der Waals surface area contributed by atoms with Gasteiger partial charge in [-0.3, -0.25) is 0 Å². The zero-order chi connectivity index (χ0) is 12.0. The summed E-state index contributed by atoms with van der Waals surface area (Å²) in [5.74, 6) is -1.71.